The topological polar surface area (TPSA) is 81.5 Å². The van der Waals surface area contributed by atoms with Gasteiger partial charge >= 0.3 is 6.03 Å². The summed E-state index contributed by atoms with van der Waals surface area (Å²) in [5, 5.41) is 13.8. The van der Waals surface area contributed by atoms with Crippen LogP contribution in [-0.2, 0) is 13.2 Å². The van der Waals surface area contributed by atoms with Crippen molar-refractivity contribution in [3.63, 3.8) is 0 Å². The fourth-order valence-corrected chi connectivity index (χ4v) is 3.93. The third-order valence-corrected chi connectivity index (χ3v) is 5.74. The lowest BCUT2D eigenvalue weighted by Crippen LogP contribution is -2.49. The second kappa shape index (κ2) is 10.1. The van der Waals surface area contributed by atoms with Crippen LogP contribution in [0.3, 0.4) is 0 Å². The number of aromatic nitrogens is 1. The molecule has 0 saturated carbocycles. The van der Waals surface area contributed by atoms with E-state index in [0.29, 0.717) is 36.7 Å². The van der Waals surface area contributed by atoms with Gasteiger partial charge in [-0.15, -0.1) is 11.3 Å². The van der Waals surface area contributed by atoms with Crippen LogP contribution >= 0.6 is 11.3 Å². The molecule has 7 nitrogen and oxygen atoms in total. The van der Waals surface area contributed by atoms with Crippen molar-refractivity contribution in [2.45, 2.75) is 13.2 Å². The van der Waals surface area contributed by atoms with E-state index in [1.54, 1.807) is 5.51 Å². The van der Waals surface area contributed by atoms with Crippen LogP contribution in [0, 0.1) is 11.3 Å². The van der Waals surface area contributed by atoms with Crippen LogP contribution in [0.4, 0.5) is 10.5 Å². The third-order valence-electron chi connectivity index (χ3n) is 5.10. The van der Waals surface area contributed by atoms with Crippen LogP contribution in [0.5, 0.6) is 5.75 Å². The summed E-state index contributed by atoms with van der Waals surface area (Å²) in [5.41, 5.74) is 5.22. The first-order valence-electron chi connectivity index (χ1n) is 10.1. The molecule has 1 saturated heterocycles. The molecule has 158 valence electrons. The van der Waals surface area contributed by atoms with E-state index in [-0.39, 0.29) is 6.03 Å². The van der Waals surface area contributed by atoms with E-state index < -0.39 is 0 Å². The number of amides is 2. The Morgan fingerprint density at radius 1 is 1.16 bits per heavy atom. The van der Waals surface area contributed by atoms with Crippen LogP contribution in [0.15, 0.2) is 59.4 Å². The number of nitrogens with one attached hydrogen (secondary N) is 1. The van der Waals surface area contributed by atoms with Crippen LogP contribution < -0.4 is 10.1 Å². The highest BCUT2D eigenvalue weighted by Crippen LogP contribution is 2.19. The van der Waals surface area contributed by atoms with E-state index in [0.717, 1.165) is 25.3 Å². The van der Waals surface area contributed by atoms with Gasteiger partial charge < -0.3 is 15.0 Å². The van der Waals surface area contributed by atoms with Gasteiger partial charge in [0, 0.05) is 49.9 Å². The van der Waals surface area contributed by atoms with Crippen molar-refractivity contribution in [3.05, 3.63) is 76.2 Å². The Hall–Kier alpha value is -3.41. The van der Waals surface area contributed by atoms with Crippen molar-refractivity contribution >= 4 is 23.1 Å². The number of ether oxygens (including phenoxy) is 1. The van der Waals surface area contributed by atoms with Crippen LogP contribution in [0.1, 0.15) is 16.8 Å². The number of thiazole rings is 1. The lowest BCUT2D eigenvalue weighted by Gasteiger charge is -2.34. The number of carbonyl (C=O) groups excluding carboxylic acids is 1. The van der Waals surface area contributed by atoms with Gasteiger partial charge in [-0.05, 0) is 29.8 Å². The maximum Gasteiger partial charge on any atom is 0.321 e. The Morgan fingerprint density at radius 2 is 1.97 bits per heavy atom. The number of nitrogens with zero attached hydrogens (tertiary/aromatic N) is 4. The van der Waals surface area contributed by atoms with Crippen molar-refractivity contribution in [1.29, 1.82) is 5.26 Å². The largest absolute Gasteiger partial charge is 0.487 e. The number of hydrogen-bond donors (Lipinski definition) is 1. The Labute approximate surface area is 185 Å². The van der Waals surface area contributed by atoms with Crippen molar-refractivity contribution in [2.75, 3.05) is 31.5 Å². The zero-order chi connectivity index (χ0) is 21.5. The van der Waals surface area contributed by atoms with Gasteiger partial charge in [-0.1, -0.05) is 18.2 Å². The van der Waals surface area contributed by atoms with Crippen LogP contribution in [0.2, 0.25) is 0 Å². The molecule has 1 N–H and O–H groups in total. The van der Waals surface area contributed by atoms with Crippen molar-refractivity contribution in [2.24, 2.45) is 0 Å². The number of anilines is 1. The number of benzene rings is 2. The molecule has 3 aromatic rings. The smallest absolute Gasteiger partial charge is 0.321 e. The first-order chi connectivity index (χ1) is 15.2. The SMILES string of the molecule is N#Cc1ccc(CN2CCN(C(=O)Nc3cccc(OCc4cscn4)c3)CC2)cc1. The van der Waals surface area contributed by atoms with Gasteiger partial charge in [-0.25, -0.2) is 9.78 Å². The minimum absolute atomic E-state index is 0.102. The minimum atomic E-state index is -0.102. The third kappa shape index (κ3) is 5.81. The molecule has 0 bridgehead atoms. The van der Waals surface area contributed by atoms with Gasteiger partial charge in [0.15, 0.2) is 0 Å². The molecule has 1 fully saturated rings. The monoisotopic (exact) mass is 433 g/mol. The molecular weight excluding hydrogens is 410 g/mol. The quantitative estimate of drug-likeness (QED) is 0.637. The highest BCUT2D eigenvalue weighted by Gasteiger charge is 2.21. The lowest BCUT2D eigenvalue weighted by molar-refractivity contribution is 0.143. The molecule has 2 heterocycles. The maximum absolute atomic E-state index is 12.7. The standard InChI is InChI=1S/C23H23N5O2S/c24-13-18-4-6-19(7-5-18)14-27-8-10-28(11-9-27)23(29)26-20-2-1-3-22(12-20)30-15-21-16-31-17-25-21/h1-7,12,16-17H,8-11,14-15H2,(H,26,29). The van der Waals surface area contributed by atoms with Gasteiger partial charge in [-0.2, -0.15) is 5.26 Å². The molecule has 0 unspecified atom stereocenters. The van der Waals surface area contributed by atoms with Crippen LogP contribution in [-0.4, -0.2) is 47.0 Å². The Kier molecular flexibility index (Phi) is 6.77. The van der Waals surface area contributed by atoms with E-state index in [4.69, 9.17) is 10.00 Å². The van der Waals surface area contributed by atoms with E-state index in [1.165, 1.54) is 16.9 Å². The number of hydrogen-bond acceptors (Lipinski definition) is 6. The number of carbonyl (C=O) groups is 1. The number of urea groups is 1. The molecule has 0 radical (unpaired) electrons. The molecule has 8 heteroatoms. The van der Waals surface area contributed by atoms with E-state index in [1.807, 2.05) is 58.8 Å². The predicted molar refractivity (Wildman–Crippen MR) is 120 cm³/mol. The number of piperazine rings is 1. The zero-order valence-corrected chi connectivity index (χ0v) is 17.8. The summed E-state index contributed by atoms with van der Waals surface area (Å²) < 4.78 is 5.76. The fourth-order valence-electron chi connectivity index (χ4n) is 3.38. The van der Waals surface area contributed by atoms with Crippen LogP contribution in [0.25, 0.3) is 0 Å². The predicted octanol–water partition coefficient (Wildman–Crippen LogP) is 3.94. The van der Waals surface area contributed by atoms with Gasteiger partial charge in [0.1, 0.15) is 12.4 Å². The van der Waals surface area contributed by atoms with E-state index >= 15 is 0 Å². The molecule has 1 aromatic heterocycles. The normalized spacial score (nSPS) is 14.1. The summed E-state index contributed by atoms with van der Waals surface area (Å²) in [7, 11) is 0. The summed E-state index contributed by atoms with van der Waals surface area (Å²) in [6.45, 7) is 4.18. The second-order valence-electron chi connectivity index (χ2n) is 7.30. The second-order valence-corrected chi connectivity index (χ2v) is 8.02. The van der Waals surface area contributed by atoms with Crippen molar-refractivity contribution < 1.29 is 9.53 Å². The fraction of sp³-hybridized carbons (Fsp3) is 0.261. The molecule has 1 aliphatic rings. The van der Waals surface area contributed by atoms with Gasteiger partial charge in [0.25, 0.3) is 0 Å². The van der Waals surface area contributed by atoms with E-state index in [9.17, 15) is 4.79 Å². The van der Waals surface area contributed by atoms with Crippen molar-refractivity contribution in [1.82, 2.24) is 14.8 Å². The number of rotatable bonds is 6. The van der Waals surface area contributed by atoms with Crippen molar-refractivity contribution in [3.8, 4) is 11.8 Å². The lowest BCUT2D eigenvalue weighted by atomic mass is 10.1. The summed E-state index contributed by atoms with van der Waals surface area (Å²) in [6.07, 6.45) is 0. The average molecular weight is 434 g/mol. The van der Waals surface area contributed by atoms with Gasteiger partial charge in [0.2, 0.25) is 0 Å². The Morgan fingerprint density at radius 3 is 2.68 bits per heavy atom. The molecule has 0 spiro atoms. The molecule has 4 rings (SSSR count). The first kappa shape index (κ1) is 20.8. The summed E-state index contributed by atoms with van der Waals surface area (Å²) in [5.74, 6) is 0.693. The molecule has 2 aromatic carbocycles. The molecule has 2 amide bonds. The molecule has 31 heavy (non-hydrogen) atoms. The Bertz CT molecular complexity index is 1040. The van der Waals surface area contributed by atoms with Gasteiger partial charge in [0.05, 0.1) is 22.8 Å². The summed E-state index contributed by atoms with van der Waals surface area (Å²) in [4.78, 5) is 21.0. The van der Waals surface area contributed by atoms with E-state index in [2.05, 4.69) is 21.3 Å². The average Bonchev–Trinajstić information content (AvgIpc) is 3.33. The van der Waals surface area contributed by atoms with Gasteiger partial charge in [-0.3, -0.25) is 4.90 Å². The molecule has 1 aliphatic heterocycles. The Balaban J connectivity index is 1.25. The summed E-state index contributed by atoms with van der Waals surface area (Å²) >= 11 is 1.54. The highest BCUT2D eigenvalue weighted by molar-refractivity contribution is 7.07. The molecule has 0 atom stereocenters. The first-order valence-corrected chi connectivity index (χ1v) is 11.0. The maximum atomic E-state index is 12.7. The molecular formula is C23H23N5O2S. The minimum Gasteiger partial charge on any atom is -0.487 e. The summed E-state index contributed by atoms with van der Waals surface area (Å²) in [6, 6.07) is 17.1. The zero-order valence-electron chi connectivity index (χ0n) is 17.0. The molecule has 0 aliphatic carbocycles. The number of nitriles is 1. The highest BCUT2D eigenvalue weighted by atomic mass is 32.1.